The van der Waals surface area contributed by atoms with Gasteiger partial charge in [0.2, 0.25) is 0 Å². The molecular weight excluding hydrogens is 214 g/mol. The van der Waals surface area contributed by atoms with Gasteiger partial charge in [0, 0.05) is 17.4 Å². The van der Waals surface area contributed by atoms with Crippen molar-refractivity contribution in [2.45, 2.75) is 0 Å². The standard InChI is InChI=1S/C13H11N3O/c14-9-6-7-11-12(8-9)17-13(16-11)15-10-4-2-1-3-5-10/h1-8H,14H2,(H,15,16). The lowest BCUT2D eigenvalue weighted by atomic mass is 10.3. The van der Waals surface area contributed by atoms with E-state index in [2.05, 4.69) is 10.3 Å². The third-order valence-corrected chi connectivity index (χ3v) is 2.44. The maximum absolute atomic E-state index is 5.68. The van der Waals surface area contributed by atoms with E-state index in [4.69, 9.17) is 10.2 Å². The quantitative estimate of drug-likeness (QED) is 0.657. The van der Waals surface area contributed by atoms with Gasteiger partial charge in [0.05, 0.1) is 0 Å². The molecule has 0 fully saturated rings. The number of oxazole rings is 1. The Morgan fingerprint density at radius 2 is 1.88 bits per heavy atom. The van der Waals surface area contributed by atoms with Crippen LogP contribution in [0.2, 0.25) is 0 Å². The van der Waals surface area contributed by atoms with Crippen LogP contribution in [0.15, 0.2) is 52.9 Å². The van der Waals surface area contributed by atoms with Crippen LogP contribution in [0.5, 0.6) is 0 Å². The highest BCUT2D eigenvalue weighted by atomic mass is 16.4. The van der Waals surface area contributed by atoms with Crippen LogP contribution in [0, 0.1) is 0 Å². The second-order valence-corrected chi connectivity index (χ2v) is 3.74. The predicted octanol–water partition coefficient (Wildman–Crippen LogP) is 3.15. The van der Waals surface area contributed by atoms with Crippen molar-refractivity contribution in [2.24, 2.45) is 0 Å². The maximum Gasteiger partial charge on any atom is 0.300 e. The summed E-state index contributed by atoms with van der Waals surface area (Å²) in [4.78, 5) is 4.32. The predicted molar refractivity (Wildman–Crippen MR) is 68.1 cm³/mol. The molecule has 2 aromatic carbocycles. The zero-order valence-electron chi connectivity index (χ0n) is 9.05. The third-order valence-electron chi connectivity index (χ3n) is 2.44. The van der Waals surface area contributed by atoms with Gasteiger partial charge in [0.1, 0.15) is 5.52 Å². The van der Waals surface area contributed by atoms with E-state index in [-0.39, 0.29) is 0 Å². The number of fused-ring (bicyclic) bond motifs is 1. The summed E-state index contributed by atoms with van der Waals surface area (Å²) < 4.78 is 5.55. The molecule has 84 valence electrons. The summed E-state index contributed by atoms with van der Waals surface area (Å²) >= 11 is 0. The topological polar surface area (TPSA) is 64.1 Å². The Morgan fingerprint density at radius 3 is 2.71 bits per heavy atom. The summed E-state index contributed by atoms with van der Waals surface area (Å²) in [5.74, 6) is 0. The van der Waals surface area contributed by atoms with Crippen LogP contribution in [0.4, 0.5) is 17.4 Å². The molecule has 0 spiro atoms. The van der Waals surface area contributed by atoms with Crippen LogP contribution in [-0.4, -0.2) is 4.98 Å². The summed E-state index contributed by atoms with van der Waals surface area (Å²) in [6.45, 7) is 0. The highest BCUT2D eigenvalue weighted by Crippen LogP contribution is 2.23. The lowest BCUT2D eigenvalue weighted by Gasteiger charge is -1.98. The molecule has 1 heterocycles. The highest BCUT2D eigenvalue weighted by Gasteiger charge is 2.05. The molecule has 0 aliphatic carbocycles. The van der Waals surface area contributed by atoms with Gasteiger partial charge < -0.3 is 15.5 Å². The van der Waals surface area contributed by atoms with Gasteiger partial charge in [-0.25, -0.2) is 0 Å². The van der Waals surface area contributed by atoms with Gasteiger partial charge in [-0.1, -0.05) is 18.2 Å². The van der Waals surface area contributed by atoms with Crippen LogP contribution in [0.25, 0.3) is 11.1 Å². The number of aromatic nitrogens is 1. The smallest absolute Gasteiger partial charge is 0.300 e. The van der Waals surface area contributed by atoms with E-state index < -0.39 is 0 Å². The molecular formula is C13H11N3O. The molecule has 3 rings (SSSR count). The van der Waals surface area contributed by atoms with Crippen molar-refractivity contribution in [2.75, 3.05) is 11.1 Å². The Labute approximate surface area is 98.1 Å². The molecule has 4 nitrogen and oxygen atoms in total. The largest absolute Gasteiger partial charge is 0.423 e. The van der Waals surface area contributed by atoms with Crippen molar-refractivity contribution in [3.05, 3.63) is 48.5 Å². The fraction of sp³-hybridized carbons (Fsp3) is 0. The molecule has 0 amide bonds. The van der Waals surface area contributed by atoms with Crippen LogP contribution < -0.4 is 11.1 Å². The van der Waals surface area contributed by atoms with Gasteiger partial charge in [0.25, 0.3) is 6.01 Å². The van der Waals surface area contributed by atoms with Crippen LogP contribution in [-0.2, 0) is 0 Å². The summed E-state index contributed by atoms with van der Waals surface area (Å²) in [6, 6.07) is 15.6. The average Bonchev–Trinajstić information content (AvgIpc) is 2.71. The number of benzene rings is 2. The molecule has 0 saturated carbocycles. The van der Waals surface area contributed by atoms with Gasteiger partial charge in [0.15, 0.2) is 5.58 Å². The van der Waals surface area contributed by atoms with E-state index in [9.17, 15) is 0 Å². The Balaban J connectivity index is 1.96. The molecule has 0 aliphatic heterocycles. The number of nitrogen functional groups attached to an aromatic ring is 1. The minimum absolute atomic E-state index is 0.469. The highest BCUT2D eigenvalue weighted by molar-refractivity contribution is 5.78. The average molecular weight is 225 g/mol. The summed E-state index contributed by atoms with van der Waals surface area (Å²) in [6.07, 6.45) is 0. The van der Waals surface area contributed by atoms with Gasteiger partial charge >= 0.3 is 0 Å². The minimum atomic E-state index is 0.469. The molecule has 3 N–H and O–H groups in total. The number of hydrogen-bond acceptors (Lipinski definition) is 4. The molecule has 0 unspecified atom stereocenters. The van der Waals surface area contributed by atoms with Crippen LogP contribution in [0.1, 0.15) is 0 Å². The number of para-hydroxylation sites is 1. The van der Waals surface area contributed by atoms with Gasteiger partial charge in [-0.3, -0.25) is 0 Å². The third kappa shape index (κ3) is 1.92. The first-order chi connectivity index (χ1) is 8.31. The van der Waals surface area contributed by atoms with Gasteiger partial charge in [-0.2, -0.15) is 4.98 Å². The van der Waals surface area contributed by atoms with Crippen LogP contribution in [0.3, 0.4) is 0 Å². The lowest BCUT2D eigenvalue weighted by molar-refractivity contribution is 0.623. The fourth-order valence-corrected chi connectivity index (χ4v) is 1.64. The Bertz CT molecular complexity index is 646. The van der Waals surface area contributed by atoms with E-state index in [1.54, 1.807) is 12.1 Å². The SMILES string of the molecule is Nc1ccc2nc(Nc3ccccc3)oc2c1. The fourth-order valence-electron chi connectivity index (χ4n) is 1.64. The summed E-state index contributed by atoms with van der Waals surface area (Å²) in [5.41, 5.74) is 8.75. The molecule has 0 atom stereocenters. The Hall–Kier alpha value is -2.49. The zero-order chi connectivity index (χ0) is 11.7. The summed E-state index contributed by atoms with van der Waals surface area (Å²) in [5, 5.41) is 3.09. The first-order valence-electron chi connectivity index (χ1n) is 5.29. The maximum atomic E-state index is 5.68. The molecule has 0 aliphatic rings. The van der Waals surface area contributed by atoms with Crippen molar-refractivity contribution >= 4 is 28.5 Å². The van der Waals surface area contributed by atoms with E-state index >= 15 is 0 Å². The molecule has 17 heavy (non-hydrogen) atoms. The number of anilines is 3. The van der Waals surface area contributed by atoms with Crippen molar-refractivity contribution in [3.63, 3.8) is 0 Å². The Kier molecular flexibility index (Phi) is 2.19. The second-order valence-electron chi connectivity index (χ2n) is 3.74. The molecule has 4 heteroatoms. The number of nitrogens with one attached hydrogen (secondary N) is 1. The van der Waals surface area contributed by atoms with E-state index in [1.807, 2.05) is 36.4 Å². The van der Waals surface area contributed by atoms with Crippen molar-refractivity contribution < 1.29 is 4.42 Å². The first kappa shape index (κ1) is 9.72. The minimum Gasteiger partial charge on any atom is -0.423 e. The van der Waals surface area contributed by atoms with Gasteiger partial charge in [-0.05, 0) is 24.3 Å². The lowest BCUT2D eigenvalue weighted by Crippen LogP contribution is -1.88. The first-order valence-corrected chi connectivity index (χ1v) is 5.29. The number of nitrogens with two attached hydrogens (primary N) is 1. The van der Waals surface area contributed by atoms with Crippen molar-refractivity contribution in [1.82, 2.24) is 4.98 Å². The second kappa shape index (κ2) is 3.83. The number of hydrogen-bond donors (Lipinski definition) is 2. The van der Waals surface area contributed by atoms with Crippen LogP contribution >= 0.6 is 0 Å². The molecule has 1 aromatic heterocycles. The van der Waals surface area contributed by atoms with Crippen molar-refractivity contribution in [1.29, 1.82) is 0 Å². The number of rotatable bonds is 2. The summed E-state index contributed by atoms with van der Waals surface area (Å²) in [7, 11) is 0. The van der Waals surface area contributed by atoms with E-state index in [0.29, 0.717) is 17.3 Å². The monoisotopic (exact) mass is 225 g/mol. The van der Waals surface area contributed by atoms with Gasteiger partial charge in [-0.15, -0.1) is 0 Å². The zero-order valence-corrected chi connectivity index (χ0v) is 9.05. The molecule has 0 radical (unpaired) electrons. The normalized spacial score (nSPS) is 10.6. The Morgan fingerprint density at radius 1 is 1.06 bits per heavy atom. The van der Waals surface area contributed by atoms with Crippen molar-refractivity contribution in [3.8, 4) is 0 Å². The molecule has 0 saturated heterocycles. The molecule has 0 bridgehead atoms. The van der Waals surface area contributed by atoms with E-state index in [0.717, 1.165) is 11.2 Å². The van der Waals surface area contributed by atoms with E-state index in [1.165, 1.54) is 0 Å². The molecule has 3 aromatic rings. The number of nitrogens with zero attached hydrogens (tertiary/aromatic N) is 1.